The summed E-state index contributed by atoms with van der Waals surface area (Å²) in [5.41, 5.74) is 3.32. The lowest BCUT2D eigenvalue weighted by Gasteiger charge is -2.29. The molecule has 0 unspecified atom stereocenters. The summed E-state index contributed by atoms with van der Waals surface area (Å²) in [6, 6.07) is 6.27. The van der Waals surface area contributed by atoms with Crippen LogP contribution in [0, 0.1) is 5.92 Å². The van der Waals surface area contributed by atoms with Crippen molar-refractivity contribution in [3.63, 3.8) is 0 Å². The van der Waals surface area contributed by atoms with Gasteiger partial charge in [-0.15, -0.1) is 0 Å². The first kappa shape index (κ1) is 12.5. The summed E-state index contributed by atoms with van der Waals surface area (Å²) < 4.78 is 0. The first-order chi connectivity index (χ1) is 9.22. The first-order valence-electron chi connectivity index (χ1n) is 7.07. The molecule has 4 nitrogen and oxygen atoms in total. The Kier molecular flexibility index (Phi) is 3.42. The van der Waals surface area contributed by atoms with E-state index in [1.54, 1.807) is 0 Å². The van der Waals surface area contributed by atoms with Gasteiger partial charge in [-0.25, -0.2) is 0 Å². The molecule has 1 saturated heterocycles. The molecule has 2 aliphatic rings. The third-order valence-corrected chi connectivity index (χ3v) is 4.15. The largest absolute Gasteiger partial charge is 0.374 e. The third-order valence-electron chi connectivity index (χ3n) is 4.15. The van der Waals surface area contributed by atoms with Gasteiger partial charge in [-0.3, -0.25) is 4.79 Å². The molecule has 1 amide bonds. The molecule has 1 aromatic rings. The number of fused-ring (bicyclic) bond motifs is 1. The first-order valence-corrected chi connectivity index (χ1v) is 7.07. The number of anilines is 2. The molecule has 4 heteroatoms. The van der Waals surface area contributed by atoms with Crippen LogP contribution in [0.1, 0.15) is 18.4 Å². The summed E-state index contributed by atoms with van der Waals surface area (Å²) in [6.07, 6.45) is 3.04. The van der Waals surface area contributed by atoms with Gasteiger partial charge < -0.3 is 15.5 Å². The number of nitrogens with zero attached hydrogens (tertiary/aromatic N) is 1. The average molecular weight is 259 g/mol. The highest BCUT2D eigenvalue weighted by molar-refractivity contribution is 5.99. The molecule has 1 fully saturated rings. The van der Waals surface area contributed by atoms with Crippen molar-refractivity contribution in [3.05, 3.63) is 23.8 Å². The summed E-state index contributed by atoms with van der Waals surface area (Å²) in [4.78, 5) is 13.7. The van der Waals surface area contributed by atoms with E-state index in [2.05, 4.69) is 34.7 Å². The number of carbonyl (C=O) groups excluding carboxylic acids is 1. The number of rotatable bonds is 3. The lowest BCUT2D eigenvalue weighted by atomic mass is 9.97. The minimum atomic E-state index is 0.105. The van der Waals surface area contributed by atoms with Gasteiger partial charge in [0.25, 0.3) is 0 Å². The van der Waals surface area contributed by atoms with Crippen LogP contribution in [0.25, 0.3) is 0 Å². The van der Waals surface area contributed by atoms with Crippen LogP contribution in [0.5, 0.6) is 0 Å². The van der Waals surface area contributed by atoms with Crippen molar-refractivity contribution in [2.45, 2.75) is 19.3 Å². The van der Waals surface area contributed by atoms with E-state index in [1.807, 2.05) is 6.07 Å². The number of amides is 1. The fourth-order valence-electron chi connectivity index (χ4n) is 3.01. The Labute approximate surface area is 114 Å². The molecular formula is C15H21N3O. The van der Waals surface area contributed by atoms with Gasteiger partial charge in [0, 0.05) is 25.0 Å². The van der Waals surface area contributed by atoms with Crippen molar-refractivity contribution in [1.82, 2.24) is 5.32 Å². The molecule has 0 bridgehead atoms. The molecule has 0 radical (unpaired) electrons. The second-order valence-electron chi connectivity index (χ2n) is 5.64. The van der Waals surface area contributed by atoms with E-state index >= 15 is 0 Å². The van der Waals surface area contributed by atoms with E-state index in [0.717, 1.165) is 36.8 Å². The number of nitrogens with one attached hydrogen (secondary N) is 2. The van der Waals surface area contributed by atoms with Crippen LogP contribution in [0.4, 0.5) is 11.4 Å². The number of hydrogen-bond donors (Lipinski definition) is 2. The maximum atomic E-state index is 11.4. The normalized spacial score (nSPS) is 19.1. The van der Waals surface area contributed by atoms with E-state index in [-0.39, 0.29) is 5.91 Å². The van der Waals surface area contributed by atoms with Crippen LogP contribution >= 0.6 is 0 Å². The van der Waals surface area contributed by atoms with Crippen molar-refractivity contribution in [3.8, 4) is 0 Å². The molecule has 2 heterocycles. The van der Waals surface area contributed by atoms with Gasteiger partial charge >= 0.3 is 0 Å². The molecule has 0 atom stereocenters. The van der Waals surface area contributed by atoms with Crippen molar-refractivity contribution < 1.29 is 4.79 Å². The van der Waals surface area contributed by atoms with Crippen LogP contribution in [-0.2, 0) is 11.2 Å². The maximum Gasteiger partial charge on any atom is 0.228 e. The minimum Gasteiger partial charge on any atom is -0.374 e. The van der Waals surface area contributed by atoms with E-state index in [4.69, 9.17) is 0 Å². The molecule has 0 spiro atoms. The Morgan fingerprint density at radius 3 is 2.89 bits per heavy atom. The van der Waals surface area contributed by atoms with Crippen LogP contribution in [0.2, 0.25) is 0 Å². The second-order valence-corrected chi connectivity index (χ2v) is 5.64. The molecule has 3 rings (SSSR count). The molecule has 2 aliphatic heterocycles. The Morgan fingerprint density at radius 2 is 2.11 bits per heavy atom. The summed E-state index contributed by atoms with van der Waals surface area (Å²) in [5, 5.41) is 6.28. The molecule has 1 aromatic carbocycles. The second kappa shape index (κ2) is 5.21. The molecule has 19 heavy (non-hydrogen) atoms. The van der Waals surface area contributed by atoms with Crippen LogP contribution in [0.3, 0.4) is 0 Å². The topological polar surface area (TPSA) is 44.4 Å². The highest BCUT2D eigenvalue weighted by Gasteiger charge is 2.19. The number of carbonyl (C=O) groups is 1. The quantitative estimate of drug-likeness (QED) is 0.867. The molecule has 0 aromatic heterocycles. The van der Waals surface area contributed by atoms with Gasteiger partial charge in [-0.1, -0.05) is 0 Å². The van der Waals surface area contributed by atoms with Crippen molar-refractivity contribution >= 4 is 17.3 Å². The minimum absolute atomic E-state index is 0.105. The monoisotopic (exact) mass is 259 g/mol. The standard InChI is InChI=1S/C15H21N3O/c1-18(10-11-4-6-16-7-5-11)13-2-3-14-12(8-13)9-15(19)17-14/h2-3,8,11,16H,4-7,9-10H2,1H3,(H,17,19). The smallest absolute Gasteiger partial charge is 0.228 e. The van der Waals surface area contributed by atoms with E-state index < -0.39 is 0 Å². The lowest BCUT2D eigenvalue weighted by Crippen LogP contribution is -2.34. The predicted octanol–water partition coefficient (Wildman–Crippen LogP) is 1.62. The van der Waals surface area contributed by atoms with Crippen molar-refractivity contribution in [2.75, 3.05) is 36.9 Å². The van der Waals surface area contributed by atoms with Gasteiger partial charge in [0.1, 0.15) is 0 Å². The average Bonchev–Trinajstić information content (AvgIpc) is 2.78. The van der Waals surface area contributed by atoms with Crippen LogP contribution in [0.15, 0.2) is 18.2 Å². The predicted molar refractivity (Wildman–Crippen MR) is 77.6 cm³/mol. The molecule has 0 saturated carbocycles. The van der Waals surface area contributed by atoms with E-state index in [9.17, 15) is 4.79 Å². The summed E-state index contributed by atoms with van der Waals surface area (Å²) in [5.74, 6) is 0.882. The van der Waals surface area contributed by atoms with Crippen molar-refractivity contribution in [2.24, 2.45) is 5.92 Å². The molecular weight excluding hydrogens is 238 g/mol. The van der Waals surface area contributed by atoms with Crippen molar-refractivity contribution in [1.29, 1.82) is 0 Å². The van der Waals surface area contributed by atoms with Gasteiger partial charge in [0.2, 0.25) is 5.91 Å². The highest BCUT2D eigenvalue weighted by atomic mass is 16.1. The van der Waals surface area contributed by atoms with Gasteiger partial charge in [0.15, 0.2) is 0 Å². The fourth-order valence-corrected chi connectivity index (χ4v) is 3.01. The maximum absolute atomic E-state index is 11.4. The Balaban J connectivity index is 1.68. The third kappa shape index (κ3) is 2.73. The summed E-state index contributed by atoms with van der Waals surface area (Å²) in [7, 11) is 2.15. The molecule has 0 aliphatic carbocycles. The SMILES string of the molecule is CN(CC1CCNCC1)c1ccc2c(c1)CC(=O)N2. The Morgan fingerprint density at radius 1 is 1.32 bits per heavy atom. The van der Waals surface area contributed by atoms with Gasteiger partial charge in [-0.05, 0) is 55.6 Å². The van der Waals surface area contributed by atoms with Gasteiger partial charge in [0.05, 0.1) is 6.42 Å². The Hall–Kier alpha value is -1.55. The zero-order valence-corrected chi connectivity index (χ0v) is 11.4. The summed E-state index contributed by atoms with van der Waals surface area (Å²) >= 11 is 0. The lowest BCUT2D eigenvalue weighted by molar-refractivity contribution is -0.115. The van der Waals surface area contributed by atoms with E-state index in [1.165, 1.54) is 18.5 Å². The molecule has 102 valence electrons. The Bertz CT molecular complexity index is 480. The number of piperidine rings is 1. The van der Waals surface area contributed by atoms with Gasteiger partial charge in [-0.2, -0.15) is 0 Å². The van der Waals surface area contributed by atoms with Crippen LogP contribution in [-0.4, -0.2) is 32.6 Å². The molecule has 2 N–H and O–H groups in total. The highest BCUT2D eigenvalue weighted by Crippen LogP contribution is 2.28. The number of benzene rings is 1. The van der Waals surface area contributed by atoms with E-state index in [0.29, 0.717) is 6.42 Å². The zero-order chi connectivity index (χ0) is 13.2. The number of hydrogen-bond acceptors (Lipinski definition) is 3. The zero-order valence-electron chi connectivity index (χ0n) is 11.4. The fraction of sp³-hybridized carbons (Fsp3) is 0.533. The van der Waals surface area contributed by atoms with Crippen LogP contribution < -0.4 is 15.5 Å². The summed E-state index contributed by atoms with van der Waals surface area (Å²) in [6.45, 7) is 3.38.